The zero-order chi connectivity index (χ0) is 16.9. The molecule has 0 aliphatic heterocycles. The van der Waals surface area contributed by atoms with Crippen molar-refractivity contribution in [3.8, 4) is 0 Å². The van der Waals surface area contributed by atoms with E-state index >= 15 is 0 Å². The highest BCUT2D eigenvalue weighted by atomic mass is 31.2. The van der Waals surface area contributed by atoms with Crippen LogP contribution in [-0.2, 0) is 8.99 Å². The van der Waals surface area contributed by atoms with Gasteiger partial charge in [-0.2, -0.15) is 0 Å². The van der Waals surface area contributed by atoms with Crippen LogP contribution in [0, 0.1) is 0 Å². The number of rotatable bonds is 6. The van der Waals surface area contributed by atoms with Gasteiger partial charge in [0, 0.05) is 10.6 Å². The van der Waals surface area contributed by atoms with Crippen LogP contribution in [0.25, 0.3) is 0 Å². The van der Waals surface area contributed by atoms with Crippen molar-refractivity contribution in [3.05, 3.63) is 72.6 Å². The van der Waals surface area contributed by atoms with E-state index in [4.69, 9.17) is 4.43 Å². The van der Waals surface area contributed by atoms with Crippen LogP contribution in [0.15, 0.2) is 72.6 Å². The molecule has 0 amide bonds. The lowest BCUT2D eigenvalue weighted by Crippen LogP contribution is -2.29. The van der Waals surface area contributed by atoms with Gasteiger partial charge in [0.2, 0.25) is 0 Å². The molecule has 0 saturated carbocycles. The van der Waals surface area contributed by atoms with Crippen molar-refractivity contribution in [2.24, 2.45) is 0 Å². The Hall–Kier alpha value is -1.41. The summed E-state index contributed by atoms with van der Waals surface area (Å²) in [6.45, 7) is 8.48. The minimum Gasteiger partial charge on any atom is -0.412 e. The zero-order valence-electron chi connectivity index (χ0n) is 14.3. The van der Waals surface area contributed by atoms with Gasteiger partial charge in [-0.25, -0.2) is 0 Å². The lowest BCUT2D eigenvalue weighted by Gasteiger charge is -2.22. The average molecular weight is 344 g/mol. The molecule has 1 atom stereocenters. The fourth-order valence-corrected chi connectivity index (χ4v) is 6.01. The first-order valence-corrected chi connectivity index (χ1v) is 13.1. The molecule has 0 aromatic heterocycles. The van der Waals surface area contributed by atoms with E-state index in [0.29, 0.717) is 0 Å². The van der Waals surface area contributed by atoms with E-state index < -0.39 is 15.5 Å². The molecule has 2 rings (SSSR count). The molecule has 0 fully saturated rings. The molecular formula is C19H25O2PSi. The van der Waals surface area contributed by atoms with Gasteiger partial charge in [-0.15, -0.1) is 0 Å². The van der Waals surface area contributed by atoms with E-state index in [1.807, 2.05) is 79.5 Å². The third-order valence-corrected chi connectivity index (χ3v) is 7.19. The van der Waals surface area contributed by atoms with Crippen LogP contribution < -0.4 is 10.6 Å². The minimum absolute atomic E-state index is 0.0394. The molecule has 0 N–H and O–H groups in total. The maximum Gasteiger partial charge on any atom is 0.184 e. The third kappa shape index (κ3) is 5.03. The van der Waals surface area contributed by atoms with Gasteiger partial charge in [0.15, 0.2) is 15.5 Å². The normalized spacial score (nSPS) is 14.1. The summed E-state index contributed by atoms with van der Waals surface area (Å²) < 4.78 is 19.8. The molecular weight excluding hydrogens is 319 g/mol. The first kappa shape index (κ1) is 17.9. The van der Waals surface area contributed by atoms with Gasteiger partial charge in [0.05, 0.1) is 6.10 Å². The summed E-state index contributed by atoms with van der Waals surface area (Å²) in [5.74, 6) is 1.85. The largest absolute Gasteiger partial charge is 0.412 e. The quantitative estimate of drug-likeness (QED) is 0.558. The zero-order valence-corrected chi connectivity index (χ0v) is 16.2. The summed E-state index contributed by atoms with van der Waals surface area (Å²) in [5, 5.41) is 1.70. The second-order valence-corrected chi connectivity index (χ2v) is 13.7. The second-order valence-electron chi connectivity index (χ2n) is 6.61. The fourth-order valence-electron chi connectivity index (χ4n) is 2.46. The van der Waals surface area contributed by atoms with Crippen molar-refractivity contribution in [2.75, 3.05) is 0 Å². The van der Waals surface area contributed by atoms with Gasteiger partial charge in [0.1, 0.15) is 0 Å². The Morgan fingerprint density at radius 2 is 1.35 bits per heavy atom. The molecule has 2 aromatic carbocycles. The number of hydrogen-bond acceptors (Lipinski definition) is 2. The van der Waals surface area contributed by atoms with Gasteiger partial charge < -0.3 is 8.99 Å². The highest BCUT2D eigenvalue weighted by molar-refractivity contribution is 7.81. The fraction of sp³-hybridized carbons (Fsp3) is 0.263. The van der Waals surface area contributed by atoms with E-state index in [2.05, 4.69) is 19.6 Å². The maximum absolute atomic E-state index is 13.8. The van der Waals surface area contributed by atoms with Crippen LogP contribution in [0.5, 0.6) is 0 Å². The molecule has 2 aromatic rings. The summed E-state index contributed by atoms with van der Waals surface area (Å²) in [6.07, 6.45) is 1.90. The molecule has 0 heterocycles. The summed E-state index contributed by atoms with van der Waals surface area (Å²) in [6, 6.07) is 19.3. The molecule has 0 bridgehead atoms. The predicted molar refractivity (Wildman–Crippen MR) is 103 cm³/mol. The monoisotopic (exact) mass is 344 g/mol. The summed E-state index contributed by atoms with van der Waals surface area (Å²) in [5.41, 5.74) is 0. The van der Waals surface area contributed by atoms with Crippen molar-refractivity contribution in [1.29, 1.82) is 0 Å². The highest BCUT2D eigenvalue weighted by Gasteiger charge is 2.24. The van der Waals surface area contributed by atoms with Gasteiger partial charge in [-0.3, -0.25) is 0 Å². The lowest BCUT2D eigenvalue weighted by molar-refractivity contribution is 0.263. The van der Waals surface area contributed by atoms with E-state index in [1.54, 1.807) is 0 Å². The Bertz CT molecular complexity index is 647. The molecule has 2 nitrogen and oxygen atoms in total. The molecule has 0 radical (unpaired) electrons. The topological polar surface area (TPSA) is 26.3 Å². The molecule has 0 aliphatic rings. The third-order valence-electron chi connectivity index (χ3n) is 3.39. The molecule has 122 valence electrons. The SMILES string of the molecule is C[C@@H](/C=C/P(=O)(c1ccccc1)c1ccccc1)O[Si](C)(C)C. The molecule has 0 unspecified atom stereocenters. The molecule has 0 aliphatic carbocycles. The van der Waals surface area contributed by atoms with Crippen molar-refractivity contribution >= 4 is 26.1 Å². The van der Waals surface area contributed by atoms with Crippen LogP contribution in [0.2, 0.25) is 19.6 Å². The molecule has 0 saturated heterocycles. The van der Waals surface area contributed by atoms with Crippen LogP contribution in [-0.4, -0.2) is 14.4 Å². The Kier molecular flexibility index (Phi) is 5.80. The van der Waals surface area contributed by atoms with E-state index in [1.165, 1.54) is 0 Å². The standard InChI is InChI=1S/C19H25O2PSi/c1-17(21-23(2,3)4)15-16-22(20,18-11-7-5-8-12-18)19-13-9-6-10-14-19/h5-17H,1-4H3/b16-15+/t17-/m0/s1. The summed E-state index contributed by atoms with van der Waals surface area (Å²) >= 11 is 0. The Labute approximate surface area is 140 Å². The molecule has 4 heteroatoms. The van der Waals surface area contributed by atoms with Crippen molar-refractivity contribution in [2.45, 2.75) is 32.7 Å². The van der Waals surface area contributed by atoms with E-state index in [9.17, 15) is 4.57 Å². The minimum atomic E-state index is -2.79. The molecule has 0 spiro atoms. The Morgan fingerprint density at radius 3 is 1.74 bits per heavy atom. The predicted octanol–water partition coefficient (Wildman–Crippen LogP) is 4.75. The maximum atomic E-state index is 13.8. The van der Waals surface area contributed by atoms with Gasteiger partial charge >= 0.3 is 0 Å². The highest BCUT2D eigenvalue weighted by Crippen LogP contribution is 2.45. The first-order valence-electron chi connectivity index (χ1n) is 7.89. The summed E-state index contributed by atoms with van der Waals surface area (Å²) in [4.78, 5) is 0. The van der Waals surface area contributed by atoms with E-state index in [0.717, 1.165) is 10.6 Å². The van der Waals surface area contributed by atoms with Crippen molar-refractivity contribution in [3.63, 3.8) is 0 Å². The average Bonchev–Trinajstić information content (AvgIpc) is 2.53. The Balaban J connectivity index is 2.38. The van der Waals surface area contributed by atoms with Gasteiger partial charge in [-0.1, -0.05) is 66.7 Å². The number of hydrogen-bond donors (Lipinski definition) is 0. The van der Waals surface area contributed by atoms with E-state index in [-0.39, 0.29) is 6.10 Å². The number of benzene rings is 2. The summed E-state index contributed by atoms with van der Waals surface area (Å²) in [7, 11) is -4.40. The first-order chi connectivity index (χ1) is 10.8. The van der Waals surface area contributed by atoms with Crippen LogP contribution >= 0.6 is 7.14 Å². The second kappa shape index (κ2) is 7.44. The smallest absolute Gasteiger partial charge is 0.184 e. The molecule has 23 heavy (non-hydrogen) atoms. The Morgan fingerprint density at radius 1 is 0.913 bits per heavy atom. The van der Waals surface area contributed by atoms with Crippen LogP contribution in [0.4, 0.5) is 0 Å². The van der Waals surface area contributed by atoms with Crippen LogP contribution in [0.3, 0.4) is 0 Å². The van der Waals surface area contributed by atoms with Gasteiger partial charge in [-0.05, 0) is 32.4 Å². The van der Waals surface area contributed by atoms with Crippen molar-refractivity contribution < 1.29 is 8.99 Å². The van der Waals surface area contributed by atoms with Crippen LogP contribution in [0.1, 0.15) is 6.92 Å². The van der Waals surface area contributed by atoms with Crippen molar-refractivity contribution in [1.82, 2.24) is 0 Å². The lowest BCUT2D eigenvalue weighted by atomic mass is 10.4. The van der Waals surface area contributed by atoms with Gasteiger partial charge in [0.25, 0.3) is 0 Å².